The summed E-state index contributed by atoms with van der Waals surface area (Å²) >= 11 is 1.37. The summed E-state index contributed by atoms with van der Waals surface area (Å²) in [6.45, 7) is 8.70. The maximum absolute atomic E-state index is 13.5. The summed E-state index contributed by atoms with van der Waals surface area (Å²) in [6.07, 6.45) is 2.44. The van der Waals surface area contributed by atoms with Gasteiger partial charge in [0, 0.05) is 23.7 Å². The third-order valence-electron chi connectivity index (χ3n) is 6.97. The molecule has 1 amide bonds. The zero-order chi connectivity index (χ0) is 26.8. The highest BCUT2D eigenvalue weighted by molar-refractivity contribution is 7.09. The first-order chi connectivity index (χ1) is 17.4. The van der Waals surface area contributed by atoms with E-state index in [-0.39, 0.29) is 28.9 Å². The predicted octanol–water partition coefficient (Wildman–Crippen LogP) is 5.65. The molecule has 6 nitrogen and oxygen atoms in total. The van der Waals surface area contributed by atoms with Crippen LogP contribution in [-0.2, 0) is 22.9 Å². The van der Waals surface area contributed by atoms with Gasteiger partial charge in [-0.2, -0.15) is 18.2 Å². The van der Waals surface area contributed by atoms with Crippen LogP contribution in [0.1, 0.15) is 73.7 Å². The fourth-order valence-corrected chi connectivity index (χ4v) is 5.70. The molecule has 1 aromatic carbocycles. The number of ether oxygens (including phenoxy) is 2. The van der Waals surface area contributed by atoms with E-state index in [0.29, 0.717) is 24.6 Å². The molecule has 0 spiro atoms. The largest absolute Gasteiger partial charge is 0.491 e. The molecule has 0 bridgehead atoms. The number of benzene rings is 1. The van der Waals surface area contributed by atoms with Gasteiger partial charge in [0.25, 0.3) is 5.91 Å². The summed E-state index contributed by atoms with van der Waals surface area (Å²) < 4.78 is 54.2. The smallest absolute Gasteiger partial charge is 0.416 e. The van der Waals surface area contributed by atoms with E-state index in [9.17, 15) is 18.0 Å². The molecule has 2 fully saturated rings. The number of halogens is 3. The lowest BCUT2D eigenvalue weighted by molar-refractivity contribution is -0.137. The van der Waals surface area contributed by atoms with Crippen molar-refractivity contribution in [1.82, 2.24) is 9.47 Å². The number of carbonyl (C=O) groups is 1. The molecule has 0 radical (unpaired) electrons. The van der Waals surface area contributed by atoms with E-state index in [1.54, 1.807) is 0 Å². The maximum atomic E-state index is 13.5. The zero-order valence-corrected chi connectivity index (χ0v) is 22.8. The first kappa shape index (κ1) is 27.9. The zero-order valence-electron chi connectivity index (χ0n) is 21.9. The van der Waals surface area contributed by atoms with Crippen LogP contribution in [0.5, 0.6) is 5.75 Å². The number of alkyl halides is 3. The summed E-state index contributed by atoms with van der Waals surface area (Å²) in [5.41, 5.74) is -1.25. The van der Waals surface area contributed by atoms with Crippen molar-refractivity contribution in [3.8, 4) is 5.75 Å². The molecule has 0 aliphatic carbocycles. The molecule has 2 aromatic rings. The molecule has 204 valence electrons. The number of hydrogen-bond acceptors (Lipinski definition) is 5. The van der Waals surface area contributed by atoms with E-state index >= 15 is 0 Å². The normalized spacial score (nSPS) is 22.0. The molecular weight excluding hydrogens is 503 g/mol. The van der Waals surface area contributed by atoms with E-state index in [1.807, 2.05) is 17.8 Å². The first-order valence-corrected chi connectivity index (χ1v) is 13.7. The molecule has 37 heavy (non-hydrogen) atoms. The number of likely N-dealkylation sites (tertiary alicyclic amines) is 1. The van der Waals surface area contributed by atoms with Crippen LogP contribution in [0, 0.1) is 0 Å². The molecule has 0 unspecified atom stereocenters. The fourth-order valence-electron chi connectivity index (χ4n) is 4.64. The molecular formula is C27H36F3N3O3S. The summed E-state index contributed by atoms with van der Waals surface area (Å²) in [6, 6.07) is 3.20. The summed E-state index contributed by atoms with van der Waals surface area (Å²) in [5.74, 6) is -0.625. The average Bonchev–Trinajstić information content (AvgIpc) is 3.48. The van der Waals surface area contributed by atoms with Gasteiger partial charge in [0.2, 0.25) is 0 Å². The Labute approximate surface area is 220 Å². The molecule has 2 aliphatic heterocycles. The lowest BCUT2D eigenvalue weighted by Gasteiger charge is -2.32. The van der Waals surface area contributed by atoms with E-state index in [1.165, 1.54) is 17.4 Å². The van der Waals surface area contributed by atoms with Crippen LogP contribution < -0.4 is 9.54 Å². The molecule has 1 aromatic heterocycles. The molecule has 2 saturated heterocycles. The number of hydrogen-bond donors (Lipinski definition) is 0. The van der Waals surface area contributed by atoms with Gasteiger partial charge in [-0.1, -0.05) is 27.2 Å². The van der Waals surface area contributed by atoms with Crippen molar-refractivity contribution in [3.05, 3.63) is 45.2 Å². The quantitative estimate of drug-likeness (QED) is 0.476. The Morgan fingerprint density at radius 1 is 1.19 bits per heavy atom. The third kappa shape index (κ3) is 7.03. The van der Waals surface area contributed by atoms with Crippen molar-refractivity contribution in [2.75, 3.05) is 26.8 Å². The Balaban J connectivity index is 1.68. The number of nitrogens with zero attached hydrogens (tertiary/aromatic N) is 3. The highest BCUT2D eigenvalue weighted by atomic mass is 32.1. The number of aromatic nitrogens is 1. The number of likely N-dealkylation sites (N-methyl/N-ethyl adjacent to an activating group) is 1. The van der Waals surface area contributed by atoms with Gasteiger partial charge in [-0.15, -0.1) is 11.3 Å². The van der Waals surface area contributed by atoms with Crippen LogP contribution in [-0.4, -0.2) is 54.3 Å². The minimum atomic E-state index is -4.58. The van der Waals surface area contributed by atoms with E-state index in [2.05, 4.69) is 30.7 Å². The van der Waals surface area contributed by atoms with Gasteiger partial charge < -0.3 is 18.9 Å². The van der Waals surface area contributed by atoms with Gasteiger partial charge in [0.05, 0.1) is 23.8 Å². The van der Waals surface area contributed by atoms with Crippen molar-refractivity contribution >= 4 is 17.2 Å². The molecule has 4 rings (SSSR count). The van der Waals surface area contributed by atoms with E-state index in [0.717, 1.165) is 55.7 Å². The Hall–Kier alpha value is -2.17. The molecule has 0 N–H and O–H groups in total. The molecule has 2 aliphatic rings. The van der Waals surface area contributed by atoms with Crippen LogP contribution in [0.25, 0.3) is 0 Å². The SMILES string of the molecule is CN1CCCC[C@H]1COc1ccc(C(F)(F)F)cc1C(=O)N=c1sc(C(C)(C)C)cn1C[C@H]1CCCO1. The maximum Gasteiger partial charge on any atom is 0.416 e. The van der Waals surface area contributed by atoms with Crippen molar-refractivity contribution in [2.24, 2.45) is 4.99 Å². The molecule has 10 heteroatoms. The Kier molecular flexibility index (Phi) is 8.50. The lowest BCUT2D eigenvalue weighted by atomic mass is 9.95. The molecule has 0 saturated carbocycles. The lowest BCUT2D eigenvalue weighted by Crippen LogP contribution is -2.40. The van der Waals surface area contributed by atoms with Crippen molar-refractivity contribution < 1.29 is 27.4 Å². The Morgan fingerprint density at radius 2 is 1.97 bits per heavy atom. The van der Waals surface area contributed by atoms with Gasteiger partial charge in [-0.05, 0) is 62.9 Å². The van der Waals surface area contributed by atoms with Crippen LogP contribution >= 0.6 is 11.3 Å². The van der Waals surface area contributed by atoms with Gasteiger partial charge >= 0.3 is 6.18 Å². The van der Waals surface area contributed by atoms with Crippen LogP contribution in [0.15, 0.2) is 29.4 Å². The average molecular weight is 540 g/mol. The van der Waals surface area contributed by atoms with Gasteiger partial charge in [0.15, 0.2) is 4.80 Å². The minimum Gasteiger partial charge on any atom is -0.491 e. The summed E-state index contributed by atoms with van der Waals surface area (Å²) in [5, 5.41) is 0. The van der Waals surface area contributed by atoms with Crippen molar-refractivity contribution in [2.45, 2.75) is 83.2 Å². The van der Waals surface area contributed by atoms with Crippen molar-refractivity contribution in [1.29, 1.82) is 0 Å². The fraction of sp³-hybridized carbons (Fsp3) is 0.630. The monoisotopic (exact) mass is 539 g/mol. The predicted molar refractivity (Wildman–Crippen MR) is 137 cm³/mol. The second kappa shape index (κ2) is 11.3. The van der Waals surface area contributed by atoms with Crippen LogP contribution in [0.4, 0.5) is 13.2 Å². The highest BCUT2D eigenvalue weighted by Crippen LogP contribution is 2.33. The number of carbonyl (C=O) groups excluding carboxylic acids is 1. The van der Waals surface area contributed by atoms with E-state index in [4.69, 9.17) is 9.47 Å². The van der Waals surface area contributed by atoms with Crippen molar-refractivity contribution in [3.63, 3.8) is 0 Å². The molecule has 3 heterocycles. The number of rotatable bonds is 6. The van der Waals surface area contributed by atoms with Gasteiger partial charge in [-0.25, -0.2) is 0 Å². The number of piperidine rings is 1. The minimum absolute atomic E-state index is 0.0244. The van der Waals surface area contributed by atoms with Gasteiger partial charge in [0.1, 0.15) is 12.4 Å². The number of amides is 1. The Bertz CT molecular complexity index is 1160. The van der Waals surface area contributed by atoms with Crippen LogP contribution in [0.3, 0.4) is 0 Å². The standard InChI is InChI=1S/C27H36F3N3O3S/c1-26(2,3)23-16-33(15-20-9-7-13-35-20)25(37-23)31-24(34)21-14-18(27(28,29)30)10-11-22(21)36-17-19-8-5-6-12-32(19)4/h10-11,14,16,19-20H,5-9,12-13,15,17H2,1-4H3/t19-,20+/m0/s1. The number of thiazole rings is 1. The van der Waals surface area contributed by atoms with Crippen LogP contribution in [0.2, 0.25) is 0 Å². The highest BCUT2D eigenvalue weighted by Gasteiger charge is 2.32. The Morgan fingerprint density at radius 3 is 2.62 bits per heavy atom. The van der Waals surface area contributed by atoms with Gasteiger partial charge in [-0.3, -0.25) is 4.79 Å². The second-order valence-electron chi connectivity index (χ2n) is 11.0. The second-order valence-corrected chi connectivity index (χ2v) is 12.0. The summed E-state index contributed by atoms with van der Waals surface area (Å²) in [7, 11) is 2.01. The first-order valence-electron chi connectivity index (χ1n) is 12.9. The van der Waals surface area contributed by atoms with E-state index < -0.39 is 17.6 Å². The summed E-state index contributed by atoms with van der Waals surface area (Å²) in [4.78, 5) is 21.4. The third-order valence-corrected chi connectivity index (χ3v) is 8.42. The topological polar surface area (TPSA) is 56.1 Å². The molecule has 2 atom stereocenters.